The second-order valence-electron chi connectivity index (χ2n) is 4.44. The van der Waals surface area contributed by atoms with Crippen molar-refractivity contribution in [3.05, 3.63) is 47.9 Å². The van der Waals surface area contributed by atoms with Crippen molar-refractivity contribution < 1.29 is 5.11 Å². The van der Waals surface area contributed by atoms with Crippen molar-refractivity contribution in [3.8, 4) is 0 Å². The molecule has 0 bridgehead atoms. The fourth-order valence-electron chi connectivity index (χ4n) is 2.19. The van der Waals surface area contributed by atoms with Crippen molar-refractivity contribution in [2.45, 2.75) is 19.4 Å². The average Bonchev–Trinajstić information content (AvgIpc) is 2.55. The highest BCUT2D eigenvalue weighted by Crippen LogP contribution is 2.26. The Kier molecular flexibility index (Phi) is 2.94. The Bertz CT molecular complexity index is 569. The van der Waals surface area contributed by atoms with Gasteiger partial charge in [-0.1, -0.05) is 24.8 Å². The predicted octanol–water partition coefficient (Wildman–Crippen LogP) is 2.43. The molecule has 1 aromatic carbocycles. The van der Waals surface area contributed by atoms with Crippen molar-refractivity contribution in [2.75, 3.05) is 0 Å². The zero-order valence-corrected chi connectivity index (χ0v) is 10.3. The molecule has 2 aromatic rings. The van der Waals surface area contributed by atoms with Gasteiger partial charge in [0.05, 0.1) is 6.04 Å². The molecule has 3 N–H and O–H groups in total. The van der Waals surface area contributed by atoms with Crippen LogP contribution in [0, 0.1) is 6.92 Å². The molecular weight excluding hydrogens is 212 g/mol. The lowest BCUT2D eigenvalue weighted by atomic mass is 10.0. The van der Waals surface area contributed by atoms with Crippen LogP contribution in [0.15, 0.2) is 36.6 Å². The van der Waals surface area contributed by atoms with Crippen LogP contribution < -0.4 is 5.73 Å². The largest absolute Gasteiger partial charge is 0.511 e. The first-order valence-corrected chi connectivity index (χ1v) is 5.68. The molecule has 0 saturated heterocycles. The number of hydrogen-bond acceptors (Lipinski definition) is 2. The molecule has 0 aliphatic rings. The second kappa shape index (κ2) is 4.26. The van der Waals surface area contributed by atoms with Gasteiger partial charge >= 0.3 is 0 Å². The SMILES string of the molecule is C=C(O)C(N)Cc1c(C)n(C)c2ccccc12. The number of aliphatic hydroxyl groups excluding tert-OH is 1. The van der Waals surface area contributed by atoms with E-state index in [1.807, 2.05) is 19.2 Å². The molecule has 1 heterocycles. The summed E-state index contributed by atoms with van der Waals surface area (Å²) >= 11 is 0. The molecule has 0 aliphatic carbocycles. The maximum atomic E-state index is 9.33. The summed E-state index contributed by atoms with van der Waals surface area (Å²) in [5.74, 6) is 0.0392. The molecule has 0 fully saturated rings. The minimum Gasteiger partial charge on any atom is -0.511 e. The number of para-hydroxylation sites is 1. The number of nitrogens with two attached hydrogens (primary N) is 1. The summed E-state index contributed by atoms with van der Waals surface area (Å²) in [5.41, 5.74) is 9.42. The van der Waals surface area contributed by atoms with E-state index in [0.29, 0.717) is 6.42 Å². The number of nitrogens with zero attached hydrogens (tertiary/aromatic N) is 1. The molecule has 0 aliphatic heterocycles. The molecule has 0 spiro atoms. The summed E-state index contributed by atoms with van der Waals surface area (Å²) in [4.78, 5) is 0. The van der Waals surface area contributed by atoms with Crippen LogP contribution in [0.5, 0.6) is 0 Å². The molecule has 3 nitrogen and oxygen atoms in total. The Labute approximate surface area is 101 Å². The summed E-state index contributed by atoms with van der Waals surface area (Å²) in [6.45, 7) is 5.56. The van der Waals surface area contributed by atoms with Crippen molar-refractivity contribution >= 4 is 10.9 Å². The van der Waals surface area contributed by atoms with Gasteiger partial charge in [-0.25, -0.2) is 0 Å². The topological polar surface area (TPSA) is 51.2 Å². The summed E-state index contributed by atoms with van der Waals surface area (Å²) in [5, 5.41) is 10.5. The number of aromatic nitrogens is 1. The van der Waals surface area contributed by atoms with Crippen LogP contribution in [-0.2, 0) is 13.5 Å². The molecule has 3 heteroatoms. The van der Waals surface area contributed by atoms with Crippen molar-refractivity contribution in [1.82, 2.24) is 4.57 Å². The van der Waals surface area contributed by atoms with E-state index in [4.69, 9.17) is 5.73 Å². The molecule has 0 radical (unpaired) electrons. The van der Waals surface area contributed by atoms with Gasteiger partial charge in [-0.2, -0.15) is 0 Å². The molecule has 1 unspecified atom stereocenters. The zero-order valence-electron chi connectivity index (χ0n) is 10.3. The number of hydrogen-bond donors (Lipinski definition) is 2. The molecule has 1 aromatic heterocycles. The highest BCUT2D eigenvalue weighted by Gasteiger charge is 2.15. The monoisotopic (exact) mass is 230 g/mol. The van der Waals surface area contributed by atoms with Gasteiger partial charge in [-0.15, -0.1) is 0 Å². The van der Waals surface area contributed by atoms with E-state index < -0.39 is 6.04 Å². The Hall–Kier alpha value is -1.74. The molecule has 2 rings (SSSR count). The highest BCUT2D eigenvalue weighted by molar-refractivity contribution is 5.85. The number of benzene rings is 1. The number of fused-ring (bicyclic) bond motifs is 1. The number of aliphatic hydroxyl groups is 1. The molecule has 17 heavy (non-hydrogen) atoms. The summed E-state index contributed by atoms with van der Waals surface area (Å²) < 4.78 is 2.15. The molecule has 0 amide bonds. The minimum atomic E-state index is -0.403. The highest BCUT2D eigenvalue weighted by atomic mass is 16.3. The van der Waals surface area contributed by atoms with E-state index in [0.717, 1.165) is 0 Å². The van der Waals surface area contributed by atoms with Crippen LogP contribution in [-0.4, -0.2) is 15.7 Å². The van der Waals surface area contributed by atoms with Crippen LogP contribution in [0.4, 0.5) is 0 Å². The third kappa shape index (κ3) is 1.94. The maximum Gasteiger partial charge on any atom is 0.102 e. The van der Waals surface area contributed by atoms with Crippen LogP contribution in [0.2, 0.25) is 0 Å². The van der Waals surface area contributed by atoms with Gasteiger partial charge in [0.15, 0.2) is 0 Å². The summed E-state index contributed by atoms with van der Waals surface area (Å²) in [6, 6.07) is 7.82. The van der Waals surface area contributed by atoms with E-state index in [1.165, 1.54) is 22.2 Å². The lowest BCUT2D eigenvalue weighted by molar-refractivity contribution is 0.368. The third-order valence-corrected chi connectivity index (χ3v) is 3.38. The fourth-order valence-corrected chi connectivity index (χ4v) is 2.19. The number of aryl methyl sites for hydroxylation is 1. The molecular formula is C14H18N2O. The lowest BCUT2D eigenvalue weighted by Crippen LogP contribution is -2.25. The number of rotatable bonds is 3. The Morgan fingerprint density at radius 2 is 2.12 bits per heavy atom. The Balaban J connectivity index is 2.53. The summed E-state index contributed by atoms with van der Waals surface area (Å²) in [7, 11) is 2.04. The van der Waals surface area contributed by atoms with E-state index >= 15 is 0 Å². The quantitative estimate of drug-likeness (QED) is 0.796. The van der Waals surface area contributed by atoms with Gasteiger partial charge in [-0.05, 0) is 25.0 Å². The average molecular weight is 230 g/mol. The first-order valence-electron chi connectivity index (χ1n) is 5.68. The summed E-state index contributed by atoms with van der Waals surface area (Å²) in [6.07, 6.45) is 0.614. The van der Waals surface area contributed by atoms with Crippen LogP contribution in [0.3, 0.4) is 0 Å². The van der Waals surface area contributed by atoms with E-state index in [9.17, 15) is 5.11 Å². The van der Waals surface area contributed by atoms with Gasteiger partial charge < -0.3 is 15.4 Å². The van der Waals surface area contributed by atoms with Crippen molar-refractivity contribution in [3.63, 3.8) is 0 Å². The molecule has 1 atom stereocenters. The standard InChI is InChI=1S/C14H18N2O/c1-9-12(8-13(15)10(2)17)11-6-4-5-7-14(11)16(9)3/h4-7,13,17H,2,8,15H2,1,3H3. The third-order valence-electron chi connectivity index (χ3n) is 3.38. The second-order valence-corrected chi connectivity index (χ2v) is 4.44. The van der Waals surface area contributed by atoms with E-state index in [2.05, 4.69) is 30.2 Å². The smallest absolute Gasteiger partial charge is 0.102 e. The first kappa shape index (κ1) is 11.7. The van der Waals surface area contributed by atoms with E-state index in [1.54, 1.807) is 0 Å². The normalized spacial score (nSPS) is 12.9. The van der Waals surface area contributed by atoms with Gasteiger partial charge in [0.1, 0.15) is 5.76 Å². The lowest BCUT2D eigenvalue weighted by Gasteiger charge is -2.10. The fraction of sp³-hybridized carbons (Fsp3) is 0.286. The van der Waals surface area contributed by atoms with Gasteiger partial charge in [0.2, 0.25) is 0 Å². The van der Waals surface area contributed by atoms with Crippen LogP contribution in [0.1, 0.15) is 11.3 Å². The molecule has 0 saturated carbocycles. The van der Waals surface area contributed by atoms with Crippen LogP contribution in [0.25, 0.3) is 10.9 Å². The minimum absolute atomic E-state index is 0.0392. The van der Waals surface area contributed by atoms with Crippen LogP contribution >= 0.6 is 0 Å². The van der Waals surface area contributed by atoms with Gasteiger partial charge in [0.25, 0.3) is 0 Å². The van der Waals surface area contributed by atoms with Gasteiger partial charge in [0, 0.05) is 23.6 Å². The maximum absolute atomic E-state index is 9.33. The van der Waals surface area contributed by atoms with E-state index in [-0.39, 0.29) is 5.76 Å². The van der Waals surface area contributed by atoms with Crippen molar-refractivity contribution in [1.29, 1.82) is 0 Å². The Morgan fingerprint density at radius 3 is 2.76 bits per heavy atom. The molecule has 90 valence electrons. The van der Waals surface area contributed by atoms with Crippen molar-refractivity contribution in [2.24, 2.45) is 12.8 Å². The van der Waals surface area contributed by atoms with Gasteiger partial charge in [-0.3, -0.25) is 0 Å². The predicted molar refractivity (Wildman–Crippen MR) is 71.1 cm³/mol. The Morgan fingerprint density at radius 1 is 1.47 bits per heavy atom. The zero-order chi connectivity index (χ0) is 12.6. The first-order chi connectivity index (χ1) is 8.02.